The van der Waals surface area contributed by atoms with Crippen molar-refractivity contribution in [3.8, 4) is 5.75 Å². The summed E-state index contributed by atoms with van der Waals surface area (Å²) in [6, 6.07) is 14.4. The molecule has 0 radical (unpaired) electrons. The van der Waals surface area contributed by atoms with E-state index in [0.717, 1.165) is 17.7 Å². The first-order valence-corrected chi connectivity index (χ1v) is 6.88. The quantitative estimate of drug-likeness (QED) is 0.725. The molecule has 19 heavy (non-hydrogen) atoms. The van der Waals surface area contributed by atoms with Crippen molar-refractivity contribution in [3.63, 3.8) is 0 Å². The number of hydrogen-bond acceptors (Lipinski definition) is 1. The van der Waals surface area contributed by atoms with E-state index in [9.17, 15) is 0 Å². The molecule has 2 heteroatoms. The summed E-state index contributed by atoms with van der Waals surface area (Å²) in [6.45, 7) is 4.21. The number of alkyl halides is 1. The zero-order valence-electron chi connectivity index (χ0n) is 11.6. The van der Waals surface area contributed by atoms with E-state index in [1.165, 1.54) is 16.7 Å². The Labute approximate surface area is 120 Å². The van der Waals surface area contributed by atoms with E-state index < -0.39 is 0 Å². The lowest BCUT2D eigenvalue weighted by molar-refractivity contribution is 0.409. The van der Waals surface area contributed by atoms with E-state index >= 15 is 0 Å². The highest BCUT2D eigenvalue weighted by Crippen LogP contribution is 2.31. The molecule has 2 aromatic carbocycles. The number of methoxy groups -OCH3 is 1. The highest BCUT2D eigenvalue weighted by molar-refractivity contribution is 6.21. The Hall–Kier alpha value is -1.47. The average molecular weight is 275 g/mol. The lowest BCUT2D eigenvalue weighted by Crippen LogP contribution is -2.00. The Bertz CT molecular complexity index is 563. The van der Waals surface area contributed by atoms with Crippen molar-refractivity contribution in [1.82, 2.24) is 0 Å². The van der Waals surface area contributed by atoms with E-state index in [1.54, 1.807) is 7.11 Å². The third-order valence-electron chi connectivity index (χ3n) is 3.35. The number of halogens is 1. The van der Waals surface area contributed by atoms with Crippen molar-refractivity contribution in [3.05, 3.63) is 64.7 Å². The second-order valence-corrected chi connectivity index (χ2v) is 5.37. The summed E-state index contributed by atoms with van der Waals surface area (Å²) >= 11 is 6.57. The van der Waals surface area contributed by atoms with Crippen LogP contribution in [0.3, 0.4) is 0 Å². The van der Waals surface area contributed by atoms with Crippen molar-refractivity contribution < 1.29 is 4.74 Å². The summed E-state index contributed by atoms with van der Waals surface area (Å²) in [6.07, 6.45) is 0.773. The summed E-state index contributed by atoms with van der Waals surface area (Å²) in [4.78, 5) is 0. The number of para-hydroxylation sites is 1. The highest BCUT2D eigenvalue weighted by atomic mass is 35.5. The van der Waals surface area contributed by atoms with Crippen LogP contribution in [0.2, 0.25) is 0 Å². The van der Waals surface area contributed by atoms with Gasteiger partial charge in [-0.1, -0.05) is 42.0 Å². The third-order valence-corrected chi connectivity index (χ3v) is 3.74. The summed E-state index contributed by atoms with van der Waals surface area (Å²) in [7, 11) is 1.69. The number of benzene rings is 2. The van der Waals surface area contributed by atoms with Gasteiger partial charge in [-0.3, -0.25) is 0 Å². The van der Waals surface area contributed by atoms with Crippen LogP contribution >= 0.6 is 11.6 Å². The largest absolute Gasteiger partial charge is 0.496 e. The molecule has 0 aliphatic heterocycles. The predicted molar refractivity (Wildman–Crippen MR) is 81.2 cm³/mol. The molecule has 2 aromatic rings. The van der Waals surface area contributed by atoms with Crippen molar-refractivity contribution in [1.29, 1.82) is 0 Å². The minimum atomic E-state index is -0.0306. The highest BCUT2D eigenvalue weighted by Gasteiger charge is 2.13. The molecule has 0 N–H and O–H groups in total. The zero-order chi connectivity index (χ0) is 13.8. The van der Waals surface area contributed by atoms with Crippen molar-refractivity contribution in [2.24, 2.45) is 0 Å². The Morgan fingerprint density at radius 2 is 1.84 bits per heavy atom. The maximum atomic E-state index is 6.57. The fourth-order valence-electron chi connectivity index (χ4n) is 2.35. The van der Waals surface area contributed by atoms with Crippen LogP contribution in [0.1, 0.15) is 27.6 Å². The SMILES string of the molecule is COc1ccccc1CC(Cl)c1ccc(C)cc1C. The van der Waals surface area contributed by atoms with Gasteiger partial charge in [0.1, 0.15) is 5.75 Å². The Morgan fingerprint density at radius 1 is 1.11 bits per heavy atom. The van der Waals surface area contributed by atoms with Gasteiger partial charge in [0.15, 0.2) is 0 Å². The van der Waals surface area contributed by atoms with Gasteiger partial charge in [-0.05, 0) is 43.0 Å². The molecule has 2 rings (SSSR count). The second kappa shape index (κ2) is 6.12. The molecular weight excluding hydrogens is 256 g/mol. The second-order valence-electron chi connectivity index (χ2n) is 4.84. The maximum Gasteiger partial charge on any atom is 0.122 e. The Morgan fingerprint density at radius 3 is 2.53 bits per heavy atom. The molecular formula is C17H19ClO. The molecule has 0 amide bonds. The maximum absolute atomic E-state index is 6.57. The summed E-state index contributed by atoms with van der Waals surface area (Å²) in [5, 5.41) is -0.0306. The van der Waals surface area contributed by atoms with Crippen LogP contribution in [0.25, 0.3) is 0 Å². The van der Waals surface area contributed by atoms with Crippen molar-refractivity contribution in [2.75, 3.05) is 7.11 Å². The first-order valence-electron chi connectivity index (χ1n) is 6.45. The minimum absolute atomic E-state index is 0.0306. The van der Waals surface area contributed by atoms with Crippen LogP contribution in [0.5, 0.6) is 5.75 Å². The molecule has 100 valence electrons. The normalized spacial score (nSPS) is 12.2. The van der Waals surface area contributed by atoms with Gasteiger partial charge in [-0.15, -0.1) is 11.6 Å². The van der Waals surface area contributed by atoms with Gasteiger partial charge < -0.3 is 4.74 Å². The molecule has 0 spiro atoms. The molecule has 0 bridgehead atoms. The molecule has 0 saturated heterocycles. The van der Waals surface area contributed by atoms with Gasteiger partial charge in [0.05, 0.1) is 12.5 Å². The number of ether oxygens (including phenoxy) is 1. The standard InChI is InChI=1S/C17H19ClO/c1-12-8-9-15(13(2)10-12)16(18)11-14-6-4-5-7-17(14)19-3/h4-10,16H,11H2,1-3H3. The molecule has 0 aromatic heterocycles. The van der Waals surface area contributed by atoms with Gasteiger partial charge in [-0.2, -0.15) is 0 Å². The monoisotopic (exact) mass is 274 g/mol. The van der Waals surface area contributed by atoms with E-state index in [4.69, 9.17) is 16.3 Å². The van der Waals surface area contributed by atoms with Crippen LogP contribution in [0.15, 0.2) is 42.5 Å². The fraction of sp³-hybridized carbons (Fsp3) is 0.294. The van der Waals surface area contributed by atoms with Gasteiger partial charge >= 0.3 is 0 Å². The molecule has 0 aliphatic carbocycles. The van der Waals surface area contributed by atoms with Gasteiger partial charge in [-0.25, -0.2) is 0 Å². The van der Waals surface area contributed by atoms with Crippen LogP contribution in [-0.2, 0) is 6.42 Å². The van der Waals surface area contributed by atoms with Crippen molar-refractivity contribution in [2.45, 2.75) is 25.6 Å². The zero-order valence-corrected chi connectivity index (χ0v) is 12.4. The lowest BCUT2D eigenvalue weighted by atomic mass is 9.98. The van der Waals surface area contributed by atoms with Crippen LogP contribution in [0.4, 0.5) is 0 Å². The molecule has 0 saturated carbocycles. The predicted octanol–water partition coefficient (Wildman–Crippen LogP) is 4.83. The minimum Gasteiger partial charge on any atom is -0.496 e. The number of hydrogen-bond donors (Lipinski definition) is 0. The fourth-order valence-corrected chi connectivity index (χ4v) is 2.76. The van der Waals surface area contributed by atoms with Crippen molar-refractivity contribution >= 4 is 11.6 Å². The third kappa shape index (κ3) is 3.30. The first-order chi connectivity index (χ1) is 9.11. The van der Waals surface area contributed by atoms with Crippen LogP contribution in [0, 0.1) is 13.8 Å². The van der Waals surface area contributed by atoms with E-state index in [-0.39, 0.29) is 5.38 Å². The van der Waals surface area contributed by atoms with Crippen LogP contribution in [-0.4, -0.2) is 7.11 Å². The molecule has 1 unspecified atom stereocenters. The Kier molecular flexibility index (Phi) is 4.49. The van der Waals surface area contributed by atoms with E-state index in [1.807, 2.05) is 18.2 Å². The molecule has 1 atom stereocenters. The van der Waals surface area contributed by atoms with E-state index in [2.05, 4.69) is 38.1 Å². The van der Waals surface area contributed by atoms with E-state index in [0.29, 0.717) is 0 Å². The molecule has 1 nitrogen and oxygen atoms in total. The molecule has 0 heterocycles. The number of aryl methyl sites for hydroxylation is 2. The lowest BCUT2D eigenvalue weighted by Gasteiger charge is -2.15. The van der Waals surface area contributed by atoms with Crippen LogP contribution < -0.4 is 4.74 Å². The van der Waals surface area contributed by atoms with Gasteiger partial charge in [0, 0.05) is 0 Å². The number of rotatable bonds is 4. The summed E-state index contributed by atoms with van der Waals surface area (Å²) < 4.78 is 5.37. The topological polar surface area (TPSA) is 9.23 Å². The van der Waals surface area contributed by atoms with Gasteiger partial charge in [0.25, 0.3) is 0 Å². The molecule has 0 fully saturated rings. The van der Waals surface area contributed by atoms with Gasteiger partial charge in [0.2, 0.25) is 0 Å². The smallest absolute Gasteiger partial charge is 0.122 e. The molecule has 0 aliphatic rings. The first kappa shape index (κ1) is 14.0. The summed E-state index contributed by atoms with van der Waals surface area (Å²) in [5.41, 5.74) is 4.85. The summed E-state index contributed by atoms with van der Waals surface area (Å²) in [5.74, 6) is 0.901. The Balaban J connectivity index is 2.23. The average Bonchev–Trinajstić information content (AvgIpc) is 2.39.